The Labute approximate surface area is 682 Å². The van der Waals surface area contributed by atoms with E-state index in [0.29, 0.717) is 0 Å². The molecule has 1 saturated carbocycles. The molecule has 12 rings (SSSR count). The average molecular weight is 1730 g/mol. The first-order valence-corrected chi connectivity index (χ1v) is 36.5. The monoisotopic (exact) mass is 1730 g/mol. The zero-order valence-corrected chi connectivity index (χ0v) is 63.8. The van der Waals surface area contributed by atoms with Crippen LogP contribution in [0, 0.1) is 17.8 Å². The minimum Gasteiger partial charge on any atom is -0.485 e. The Bertz CT molecular complexity index is 5200. The quantitative estimate of drug-likeness (QED) is 0.0132. The lowest BCUT2D eigenvalue weighted by Crippen LogP contribution is -2.67. The van der Waals surface area contributed by atoms with Crippen LogP contribution in [0.15, 0.2) is 224 Å². The molecule has 9 aromatic carbocycles. The number of alkyl halides is 18. The second-order valence-corrected chi connectivity index (χ2v) is 28.0. The molecular formula is C87H70F18O17. The summed E-state index contributed by atoms with van der Waals surface area (Å²) < 4.78 is 309. The molecule has 17 nitrogen and oxygen atoms in total. The zero-order valence-electron chi connectivity index (χ0n) is 63.8. The number of allylic oxidation sites excluding steroid dienone is 1. The number of methoxy groups -OCH3 is 3. The lowest BCUT2D eigenvalue weighted by molar-refractivity contribution is -0.317. The van der Waals surface area contributed by atoms with Crippen molar-refractivity contribution < 1.29 is 161 Å². The number of carbonyl (C=O) groups is 4. The van der Waals surface area contributed by atoms with E-state index < -0.39 is 188 Å². The summed E-state index contributed by atoms with van der Waals surface area (Å²) in [6, 6.07) is 34.8. The van der Waals surface area contributed by atoms with E-state index in [1.54, 1.807) is 0 Å². The van der Waals surface area contributed by atoms with Gasteiger partial charge in [-0.15, -0.1) is 0 Å². The lowest BCUT2D eigenvalue weighted by Gasteiger charge is -2.57. The van der Waals surface area contributed by atoms with Gasteiger partial charge in [0.15, 0.2) is 34.5 Å². The number of ether oxygens (including phenoxy) is 11. The van der Waals surface area contributed by atoms with Crippen molar-refractivity contribution in [2.45, 2.75) is 120 Å². The second kappa shape index (κ2) is 37.4. The Balaban J connectivity index is 0.945. The zero-order chi connectivity index (χ0) is 88.4. The smallest absolute Gasteiger partial charge is 0.416 e. The summed E-state index contributed by atoms with van der Waals surface area (Å²) in [5.41, 5.74) is -4.57. The van der Waals surface area contributed by atoms with Gasteiger partial charge in [-0.1, -0.05) is 103 Å². The number of rotatable bonds is 32. The molecule has 3 aliphatic carbocycles. The van der Waals surface area contributed by atoms with Crippen LogP contribution in [0.2, 0.25) is 0 Å². The number of esters is 3. The van der Waals surface area contributed by atoms with E-state index >= 15 is 4.79 Å². The summed E-state index contributed by atoms with van der Waals surface area (Å²) in [4.78, 5) is 57.6. The molecule has 35 heteroatoms. The maximum Gasteiger partial charge on any atom is 0.416 e. The molecule has 0 saturated heterocycles. The normalized spacial score (nSPS) is 17.2. The van der Waals surface area contributed by atoms with Crippen LogP contribution >= 0.6 is 0 Å². The van der Waals surface area contributed by atoms with E-state index in [0.717, 1.165) is 179 Å². The fraction of sp³-hybridized carbons (Fsp3) is 0.287. The average Bonchev–Trinajstić information content (AvgIpc) is 0.697. The Hall–Kier alpha value is -12.2. The molecule has 122 heavy (non-hydrogen) atoms. The van der Waals surface area contributed by atoms with Crippen molar-refractivity contribution in [2.75, 3.05) is 21.3 Å². The molecule has 0 radical (unpaired) electrons. The predicted molar refractivity (Wildman–Crippen MR) is 394 cm³/mol. The van der Waals surface area contributed by atoms with Crippen molar-refractivity contribution in [3.05, 3.63) is 307 Å². The summed E-state index contributed by atoms with van der Waals surface area (Å²) in [5.74, 6) is -15.5. The van der Waals surface area contributed by atoms with Gasteiger partial charge in [-0.3, -0.25) is 4.79 Å². The highest BCUT2D eigenvalue weighted by Crippen LogP contribution is 2.60. The van der Waals surface area contributed by atoms with Gasteiger partial charge in [-0.05, 0) is 165 Å². The van der Waals surface area contributed by atoms with Crippen molar-refractivity contribution >= 4 is 23.9 Å². The first kappa shape index (κ1) is 90.5. The fourth-order valence-electron chi connectivity index (χ4n) is 13.7. The molecule has 1 fully saturated rings. The van der Waals surface area contributed by atoms with Gasteiger partial charge in [0, 0.05) is 45.0 Å². The van der Waals surface area contributed by atoms with Crippen LogP contribution in [-0.2, 0) is 132 Å². The topological polar surface area (TPSA) is 210 Å². The van der Waals surface area contributed by atoms with Gasteiger partial charge in [0.25, 0.3) is 0 Å². The summed E-state index contributed by atoms with van der Waals surface area (Å²) in [6.45, 7) is -2.52. The van der Waals surface area contributed by atoms with Gasteiger partial charge >= 0.3 is 60.9 Å². The molecule has 646 valence electrons. The van der Waals surface area contributed by atoms with Crippen molar-refractivity contribution in [3.63, 3.8) is 0 Å². The number of halogens is 18. The number of fused-ring (bicyclic) bond motifs is 2. The van der Waals surface area contributed by atoms with Gasteiger partial charge < -0.3 is 62.3 Å². The van der Waals surface area contributed by atoms with Crippen LogP contribution < -0.4 is 28.4 Å². The van der Waals surface area contributed by atoms with E-state index in [9.17, 15) is 104 Å². The summed E-state index contributed by atoms with van der Waals surface area (Å²) in [7, 11) is 3.08. The molecular weight excluding hydrogens is 1660 g/mol. The van der Waals surface area contributed by atoms with Crippen molar-refractivity contribution in [2.24, 2.45) is 17.8 Å². The molecule has 9 aromatic rings. The number of aliphatic carboxylic acids is 1. The van der Waals surface area contributed by atoms with Gasteiger partial charge in [-0.2, -0.15) is 79.0 Å². The molecule has 0 amide bonds. The molecule has 5 unspecified atom stereocenters. The van der Waals surface area contributed by atoms with Crippen LogP contribution in [-0.4, -0.2) is 79.5 Å². The third-order valence-electron chi connectivity index (χ3n) is 20.0. The van der Waals surface area contributed by atoms with E-state index in [2.05, 4.69) is 0 Å². The highest BCUT2D eigenvalue weighted by molar-refractivity contribution is 5.87. The minimum atomic E-state index is -4.75. The largest absolute Gasteiger partial charge is 0.485 e. The number of aliphatic hydroxyl groups excluding tert-OH is 1. The van der Waals surface area contributed by atoms with E-state index in [4.69, 9.17) is 52.1 Å². The lowest BCUT2D eigenvalue weighted by atomic mass is 9.53. The van der Waals surface area contributed by atoms with Crippen LogP contribution in [0.1, 0.15) is 89.4 Å². The summed E-state index contributed by atoms with van der Waals surface area (Å²) >= 11 is 0. The highest BCUT2D eigenvalue weighted by Gasteiger charge is 2.66. The molecule has 2 bridgehead atoms. The Kier molecular flexibility index (Phi) is 27.8. The molecule has 0 spiro atoms. The Morgan fingerprint density at radius 2 is 0.680 bits per heavy atom. The number of aliphatic hydroxyl groups is 1. The number of carboxylic acids is 1. The van der Waals surface area contributed by atoms with Crippen molar-refractivity contribution in [3.8, 4) is 34.5 Å². The van der Waals surface area contributed by atoms with Crippen molar-refractivity contribution in [1.82, 2.24) is 0 Å². The molecule has 0 heterocycles. The molecule has 2 N–H and O–H groups in total. The van der Waals surface area contributed by atoms with E-state index in [-0.39, 0.29) is 96.7 Å². The van der Waals surface area contributed by atoms with Gasteiger partial charge in [0.2, 0.25) is 18.0 Å². The minimum absolute atomic E-state index is 0.00935. The van der Waals surface area contributed by atoms with Crippen LogP contribution in [0.4, 0.5) is 79.0 Å². The van der Waals surface area contributed by atoms with Gasteiger partial charge in [0.1, 0.15) is 45.7 Å². The Morgan fingerprint density at radius 3 is 0.984 bits per heavy atom. The number of hydrogen-bond acceptors (Lipinski definition) is 16. The molecule has 7 atom stereocenters. The fourth-order valence-corrected chi connectivity index (χ4v) is 13.7. The maximum absolute atomic E-state index is 15.9. The van der Waals surface area contributed by atoms with E-state index in [1.165, 1.54) is 60.7 Å². The third-order valence-corrected chi connectivity index (χ3v) is 20.0. The summed E-state index contributed by atoms with van der Waals surface area (Å²) in [5, 5.41) is 23.8. The second-order valence-electron chi connectivity index (χ2n) is 28.0. The SMILES string of the molecule is COC(=O)[C@@H](Cc1ccc(OCc2ccc(C(F)(F)F)cc2)c(OCc2ccc(C(F)(F)F)cc2)c1)OC(=O)/C=C/C1=CC2C(c3ccc(OCc4ccc(C(F)(F)F)cc4)c(OCc4ccc(C(F)(F)F)cc4)c3)C(C(=O)O[C@H](Cc3ccc(OCc4ccc(C(F)(F)F)cc4)c(OCc4ccc(C(F)(F)F)cc4)c3)C(=O)O)C1C(OC)(OC)C2O. The van der Waals surface area contributed by atoms with Gasteiger partial charge in [0.05, 0.1) is 52.3 Å². The molecule has 0 aliphatic heterocycles. The van der Waals surface area contributed by atoms with Crippen LogP contribution in [0.25, 0.3) is 0 Å². The summed E-state index contributed by atoms with van der Waals surface area (Å²) in [6.07, 6.45) is -32.2. The molecule has 0 aromatic heterocycles. The van der Waals surface area contributed by atoms with Crippen molar-refractivity contribution in [1.29, 1.82) is 0 Å². The number of hydrogen-bond donors (Lipinski definition) is 2. The van der Waals surface area contributed by atoms with Crippen LogP contribution in [0.5, 0.6) is 34.5 Å². The van der Waals surface area contributed by atoms with Gasteiger partial charge in [-0.25, -0.2) is 14.4 Å². The Morgan fingerprint density at radius 1 is 0.385 bits per heavy atom. The maximum atomic E-state index is 15.9. The molecule has 3 aliphatic rings. The first-order chi connectivity index (χ1) is 57.5. The number of benzene rings is 9. The third kappa shape index (κ3) is 22.5. The predicted octanol–water partition coefficient (Wildman–Crippen LogP) is 19.6. The highest BCUT2D eigenvalue weighted by atomic mass is 19.4. The van der Waals surface area contributed by atoms with E-state index in [1.807, 2.05) is 0 Å². The standard InChI is InChI=1S/C87H70F18O17/c1-112-79(110)72(39-55-17-33-66(116-43-49-6-22-59(23-7-49)83(91,92)93)69(37-55)119-46-52-12-28-62(29-13-52)86(100,101)102)121-73(106)35-19-57-40-64-74(56-18-34-67(117-44-50-8-24-60(25-9-50)84(94,95)96)70(41-56)120-47-53-14-30-63(31-15-53)87(103,104)105)75(76(57)81(113-2,114-3)77(64)107)80(111)122-71(78(108)109)38-54-16-32-65(115-42-48-4-20-58(21-5-48)82(88,89)90)68(36-54)118-45-51-10-26-61(27-11-51)85(97,98)99/h4-37,40-41,64,71-72,74-77,107H,38-39,42-47H2,1-3H3,(H,108,109)/b35-19+/t64?,71-,72-,74?,75?,76?,77?/m1/s1. The first-order valence-electron chi connectivity index (χ1n) is 36.5. The number of carboxylic acid groups (broad SMARTS) is 1. The number of carbonyl (C=O) groups excluding carboxylic acids is 3. The van der Waals surface area contributed by atoms with Crippen LogP contribution in [0.3, 0.4) is 0 Å².